The molecule has 0 saturated heterocycles. The Morgan fingerprint density at radius 1 is 1.60 bits per heavy atom. The molecule has 3 nitrogen and oxygen atoms in total. The van der Waals surface area contributed by atoms with Crippen LogP contribution in [0.4, 0.5) is 0 Å². The van der Waals surface area contributed by atoms with E-state index in [2.05, 4.69) is 44.1 Å². The predicted molar refractivity (Wildman–Crippen MR) is 66.4 cm³/mol. The van der Waals surface area contributed by atoms with Crippen LogP contribution in [0, 0.1) is 0 Å². The average Bonchev–Trinajstić information content (AvgIpc) is 2.64. The highest BCUT2D eigenvalue weighted by atomic mass is 79.9. The molecule has 1 heterocycles. The minimum atomic E-state index is -0.170. The quantitative estimate of drug-likeness (QED) is 0.837. The number of hydrogen-bond acceptors (Lipinski definition) is 2. The molecule has 1 atom stereocenters. The Hall–Kier alpha value is -0.290. The molecule has 0 aliphatic carbocycles. The van der Waals surface area contributed by atoms with E-state index in [0.29, 0.717) is 21.8 Å². The molecule has 0 aromatic carbocycles. The third-order valence-corrected chi connectivity index (χ3v) is 3.51. The van der Waals surface area contributed by atoms with Crippen LogP contribution < -0.4 is 5.32 Å². The summed E-state index contributed by atoms with van der Waals surface area (Å²) in [6, 6.07) is 3.35. The van der Waals surface area contributed by atoms with Crippen molar-refractivity contribution >= 4 is 37.8 Å². The van der Waals surface area contributed by atoms with Gasteiger partial charge in [-0.2, -0.15) is 0 Å². The van der Waals surface area contributed by atoms with E-state index in [1.807, 2.05) is 0 Å². The van der Waals surface area contributed by atoms with Gasteiger partial charge in [-0.3, -0.25) is 4.79 Å². The normalized spacial score (nSPS) is 12.5. The first kappa shape index (κ1) is 12.8. The molecule has 1 amide bonds. The number of carbonyl (C=O) groups is 1. The van der Waals surface area contributed by atoms with Crippen LogP contribution in [0.3, 0.4) is 0 Å². The second-order valence-electron chi connectivity index (χ2n) is 3.15. The summed E-state index contributed by atoms with van der Waals surface area (Å²) in [7, 11) is 0. The molecule has 0 fully saturated rings. The van der Waals surface area contributed by atoms with Crippen molar-refractivity contribution < 1.29 is 9.21 Å². The van der Waals surface area contributed by atoms with Crippen molar-refractivity contribution in [2.45, 2.75) is 24.6 Å². The summed E-state index contributed by atoms with van der Waals surface area (Å²) >= 11 is 6.65. The molecule has 84 valence electrons. The zero-order valence-corrected chi connectivity index (χ0v) is 11.6. The third-order valence-electron chi connectivity index (χ3n) is 1.98. The average molecular weight is 339 g/mol. The van der Waals surface area contributed by atoms with E-state index < -0.39 is 0 Å². The van der Waals surface area contributed by atoms with Crippen LogP contribution in [0.25, 0.3) is 0 Å². The van der Waals surface area contributed by atoms with Crippen molar-refractivity contribution in [3.05, 3.63) is 22.6 Å². The second kappa shape index (κ2) is 6.33. The molecule has 0 spiro atoms. The maximum atomic E-state index is 11.5. The number of amides is 1. The lowest BCUT2D eigenvalue weighted by molar-refractivity contribution is 0.0924. The van der Waals surface area contributed by atoms with E-state index in [0.717, 1.165) is 12.8 Å². The van der Waals surface area contributed by atoms with Gasteiger partial charge in [0, 0.05) is 11.4 Å². The van der Waals surface area contributed by atoms with Crippen LogP contribution in [0.1, 0.15) is 30.3 Å². The molecule has 0 aliphatic rings. The highest BCUT2D eigenvalue weighted by molar-refractivity contribution is 9.10. The number of halogens is 2. The summed E-state index contributed by atoms with van der Waals surface area (Å²) in [5.41, 5.74) is 0. The minimum Gasteiger partial charge on any atom is -0.444 e. The number of furan rings is 1. The van der Waals surface area contributed by atoms with Gasteiger partial charge in [0.15, 0.2) is 10.4 Å². The Morgan fingerprint density at radius 3 is 2.87 bits per heavy atom. The molecular formula is C10H13Br2NO2. The van der Waals surface area contributed by atoms with E-state index in [4.69, 9.17) is 4.42 Å². The molecule has 1 aromatic rings. The first-order valence-electron chi connectivity index (χ1n) is 4.81. The van der Waals surface area contributed by atoms with Crippen LogP contribution in [0.15, 0.2) is 21.2 Å². The summed E-state index contributed by atoms with van der Waals surface area (Å²) in [5.74, 6) is 0.168. The lowest BCUT2D eigenvalue weighted by atomic mass is 10.2. The van der Waals surface area contributed by atoms with Crippen molar-refractivity contribution in [2.75, 3.05) is 6.54 Å². The fraction of sp³-hybridized carbons (Fsp3) is 0.500. The molecule has 5 heteroatoms. The van der Waals surface area contributed by atoms with Gasteiger partial charge in [0.1, 0.15) is 0 Å². The maximum Gasteiger partial charge on any atom is 0.287 e. The number of hydrogen-bond donors (Lipinski definition) is 1. The molecule has 1 unspecified atom stereocenters. The summed E-state index contributed by atoms with van der Waals surface area (Å²) in [6.07, 6.45) is 1.98. The van der Waals surface area contributed by atoms with Crippen LogP contribution in [-0.4, -0.2) is 17.3 Å². The van der Waals surface area contributed by atoms with Gasteiger partial charge in [-0.05, 0) is 40.9 Å². The van der Waals surface area contributed by atoms with Gasteiger partial charge in [-0.25, -0.2) is 0 Å². The van der Waals surface area contributed by atoms with Crippen molar-refractivity contribution in [1.29, 1.82) is 0 Å². The Kier molecular flexibility index (Phi) is 5.39. The summed E-state index contributed by atoms with van der Waals surface area (Å²) < 4.78 is 5.69. The van der Waals surface area contributed by atoms with E-state index >= 15 is 0 Å². The van der Waals surface area contributed by atoms with Gasteiger partial charge in [0.05, 0.1) is 0 Å². The Morgan fingerprint density at radius 2 is 2.33 bits per heavy atom. The monoisotopic (exact) mass is 337 g/mol. The van der Waals surface area contributed by atoms with E-state index in [1.165, 1.54) is 0 Å². The molecule has 0 bridgehead atoms. The Labute approximate surface area is 106 Å². The van der Waals surface area contributed by atoms with Crippen molar-refractivity contribution in [1.82, 2.24) is 5.32 Å². The second-order valence-corrected chi connectivity index (χ2v) is 5.23. The largest absolute Gasteiger partial charge is 0.444 e. The van der Waals surface area contributed by atoms with Crippen LogP contribution in [0.2, 0.25) is 0 Å². The first-order valence-corrected chi connectivity index (χ1v) is 6.52. The fourth-order valence-electron chi connectivity index (χ4n) is 1.07. The van der Waals surface area contributed by atoms with Gasteiger partial charge in [0.25, 0.3) is 5.91 Å². The zero-order chi connectivity index (χ0) is 11.3. The highest BCUT2D eigenvalue weighted by Gasteiger charge is 2.10. The highest BCUT2D eigenvalue weighted by Crippen LogP contribution is 2.14. The zero-order valence-electron chi connectivity index (χ0n) is 8.43. The molecule has 15 heavy (non-hydrogen) atoms. The lowest BCUT2D eigenvalue weighted by Crippen LogP contribution is -2.25. The number of nitrogens with one attached hydrogen (secondary N) is 1. The van der Waals surface area contributed by atoms with Crippen LogP contribution in [0.5, 0.6) is 0 Å². The number of alkyl halides is 1. The summed E-state index contributed by atoms with van der Waals surface area (Å²) in [6.45, 7) is 2.76. The van der Waals surface area contributed by atoms with Gasteiger partial charge >= 0.3 is 0 Å². The fourth-order valence-corrected chi connectivity index (χ4v) is 1.61. The van der Waals surface area contributed by atoms with E-state index in [9.17, 15) is 4.79 Å². The Bertz CT molecular complexity index is 325. The van der Waals surface area contributed by atoms with Crippen LogP contribution >= 0.6 is 31.9 Å². The molecule has 0 aliphatic heterocycles. The molecule has 1 aromatic heterocycles. The van der Waals surface area contributed by atoms with E-state index in [1.54, 1.807) is 12.1 Å². The molecule has 1 N–H and O–H groups in total. The maximum absolute atomic E-state index is 11.5. The predicted octanol–water partition coefficient (Wildman–Crippen LogP) is 3.34. The number of rotatable bonds is 5. The minimum absolute atomic E-state index is 0.170. The topological polar surface area (TPSA) is 42.2 Å². The molecular weight excluding hydrogens is 326 g/mol. The Balaban J connectivity index is 2.31. The van der Waals surface area contributed by atoms with Gasteiger partial charge in [-0.1, -0.05) is 22.9 Å². The first-order chi connectivity index (χ1) is 7.13. The van der Waals surface area contributed by atoms with Gasteiger partial charge < -0.3 is 9.73 Å². The van der Waals surface area contributed by atoms with Crippen molar-refractivity contribution in [2.24, 2.45) is 0 Å². The molecule has 0 radical (unpaired) electrons. The summed E-state index contributed by atoms with van der Waals surface area (Å²) in [5, 5.41) is 2.79. The number of carbonyl (C=O) groups excluding carboxylic acids is 1. The van der Waals surface area contributed by atoms with Crippen LogP contribution in [-0.2, 0) is 0 Å². The van der Waals surface area contributed by atoms with Gasteiger partial charge in [-0.15, -0.1) is 0 Å². The lowest BCUT2D eigenvalue weighted by Gasteiger charge is -2.06. The van der Waals surface area contributed by atoms with Gasteiger partial charge in [0.2, 0.25) is 0 Å². The van der Waals surface area contributed by atoms with Crippen molar-refractivity contribution in [3.8, 4) is 0 Å². The van der Waals surface area contributed by atoms with Crippen molar-refractivity contribution in [3.63, 3.8) is 0 Å². The van der Waals surface area contributed by atoms with E-state index in [-0.39, 0.29) is 5.91 Å². The smallest absolute Gasteiger partial charge is 0.287 e. The third kappa shape index (κ3) is 4.38. The molecule has 1 rings (SSSR count). The molecule has 0 saturated carbocycles. The standard InChI is InChI=1S/C10H13Br2NO2/c1-2-7(11)5-6-13-10(14)8-3-4-9(12)15-8/h3-4,7H,2,5-6H2,1H3,(H,13,14). The SMILES string of the molecule is CCC(Br)CCNC(=O)c1ccc(Br)o1. The summed E-state index contributed by atoms with van der Waals surface area (Å²) in [4.78, 5) is 11.9.